The van der Waals surface area contributed by atoms with Crippen LogP contribution in [0.5, 0.6) is 0 Å². The Bertz CT molecular complexity index is 1700. The molecule has 4 heterocycles. The second kappa shape index (κ2) is 13.3. The lowest BCUT2D eigenvalue weighted by atomic mass is 10.0. The van der Waals surface area contributed by atoms with Crippen molar-refractivity contribution >= 4 is 69.2 Å². The van der Waals surface area contributed by atoms with Gasteiger partial charge >= 0.3 is 12.1 Å². The molecule has 2 aliphatic rings. The Morgan fingerprint density at radius 3 is 2.56 bits per heavy atom. The number of rotatable bonds is 10. The highest BCUT2D eigenvalue weighted by atomic mass is 35.5. The number of carbonyl (C=O) groups is 4. The van der Waals surface area contributed by atoms with Crippen molar-refractivity contribution < 1.29 is 46.9 Å². The van der Waals surface area contributed by atoms with Gasteiger partial charge in [-0.05, 0) is 17.7 Å². The number of carbonyl (C=O) groups excluding carboxylic acids is 4. The number of benzene rings is 1. The zero-order valence-corrected chi connectivity index (χ0v) is 25.0. The van der Waals surface area contributed by atoms with Crippen molar-refractivity contribution in [3.8, 4) is 0 Å². The molecule has 2 aromatic heterocycles. The molecule has 12 nitrogen and oxygen atoms in total. The minimum atomic E-state index is -5.17. The van der Waals surface area contributed by atoms with Gasteiger partial charge in [0, 0.05) is 33.9 Å². The quantitative estimate of drug-likeness (QED) is 0.142. The maximum Gasteiger partial charge on any atom is 0.471 e. The molecule has 2 atom stereocenters. The second-order valence-corrected chi connectivity index (χ2v) is 11.9. The number of carboxylic acids is 1. The molecule has 0 saturated carbocycles. The number of β-lactam (4-membered cyclic amide) rings is 1. The number of nitrogens with zero attached hydrogens (tertiary/aromatic N) is 4. The van der Waals surface area contributed by atoms with E-state index in [9.17, 15) is 37.5 Å². The van der Waals surface area contributed by atoms with Crippen LogP contribution in [0.15, 0.2) is 76.7 Å². The number of nitrogens with one attached hydrogen (secondary N) is 2. The highest BCUT2D eigenvalue weighted by Gasteiger charge is 2.53. The van der Waals surface area contributed by atoms with Crippen LogP contribution in [0.1, 0.15) is 11.3 Å². The van der Waals surface area contributed by atoms with Crippen LogP contribution in [-0.4, -0.2) is 62.6 Å². The van der Waals surface area contributed by atoms with Crippen molar-refractivity contribution in [2.75, 3.05) is 11.1 Å². The van der Waals surface area contributed by atoms with Gasteiger partial charge in [-0.25, -0.2) is 9.55 Å². The molecule has 234 valence electrons. The number of alkyl halides is 3. The fourth-order valence-electron chi connectivity index (χ4n) is 4.33. The van der Waals surface area contributed by atoms with E-state index < -0.39 is 52.1 Å². The fraction of sp³-hybridized carbons (Fsp3) is 0.222. The molecule has 1 saturated heterocycles. The largest absolute Gasteiger partial charge is 0.543 e. The third-order valence-corrected chi connectivity index (χ3v) is 8.77. The van der Waals surface area contributed by atoms with Gasteiger partial charge in [-0.15, -0.1) is 23.1 Å². The van der Waals surface area contributed by atoms with E-state index in [1.165, 1.54) is 17.1 Å². The Morgan fingerprint density at radius 1 is 1.18 bits per heavy atom. The summed E-state index contributed by atoms with van der Waals surface area (Å²) in [6, 6.07) is 10.6. The molecule has 0 aliphatic carbocycles. The first-order valence-corrected chi connectivity index (χ1v) is 15.1. The molecular formula is C27H20ClF3N6O6S2. The molecule has 2 aliphatic heterocycles. The van der Waals surface area contributed by atoms with Crippen LogP contribution in [0, 0.1) is 0 Å². The molecule has 5 rings (SSSR count). The Kier molecular flexibility index (Phi) is 9.40. The fourth-order valence-corrected chi connectivity index (χ4v) is 6.48. The van der Waals surface area contributed by atoms with Crippen molar-refractivity contribution in [2.24, 2.45) is 5.16 Å². The lowest BCUT2D eigenvalue weighted by Gasteiger charge is -2.50. The minimum absolute atomic E-state index is 0.133. The average molecular weight is 681 g/mol. The van der Waals surface area contributed by atoms with Crippen LogP contribution < -0.4 is 20.3 Å². The number of aliphatic carboxylic acids is 1. The van der Waals surface area contributed by atoms with Gasteiger partial charge in [-0.1, -0.05) is 35.0 Å². The Hall–Kier alpha value is -4.48. The topological polar surface area (TPSA) is 157 Å². The molecule has 0 radical (unpaired) electrons. The number of oxime groups is 1. The van der Waals surface area contributed by atoms with Gasteiger partial charge in [0.05, 0.1) is 11.7 Å². The smallest absolute Gasteiger partial charge is 0.471 e. The predicted molar refractivity (Wildman–Crippen MR) is 153 cm³/mol. The van der Waals surface area contributed by atoms with Crippen molar-refractivity contribution in [1.29, 1.82) is 0 Å². The summed E-state index contributed by atoms with van der Waals surface area (Å²) in [5.74, 6) is -5.27. The lowest BCUT2D eigenvalue weighted by molar-refractivity contribution is -0.689. The van der Waals surface area contributed by atoms with Crippen LogP contribution >= 0.6 is 34.7 Å². The third-order valence-electron chi connectivity index (χ3n) is 6.42. The van der Waals surface area contributed by atoms with Gasteiger partial charge in [0.1, 0.15) is 23.7 Å². The number of anilines is 1. The van der Waals surface area contributed by atoms with E-state index in [2.05, 4.69) is 15.5 Å². The van der Waals surface area contributed by atoms with Crippen LogP contribution in [-0.2, 0) is 37.2 Å². The number of aromatic nitrogens is 2. The van der Waals surface area contributed by atoms with Gasteiger partial charge < -0.3 is 20.1 Å². The van der Waals surface area contributed by atoms with Crippen molar-refractivity contribution in [3.63, 3.8) is 0 Å². The monoisotopic (exact) mass is 680 g/mol. The third kappa shape index (κ3) is 7.26. The zero-order valence-electron chi connectivity index (χ0n) is 22.6. The maximum absolute atomic E-state index is 13.4. The maximum atomic E-state index is 13.4. The summed E-state index contributed by atoms with van der Waals surface area (Å²) < 4.78 is 39.9. The summed E-state index contributed by atoms with van der Waals surface area (Å²) in [6.45, 7) is 0.0653. The number of hydrogen-bond acceptors (Lipinski definition) is 10. The summed E-state index contributed by atoms with van der Waals surface area (Å²) >= 11 is 7.71. The van der Waals surface area contributed by atoms with Gasteiger partial charge in [0.2, 0.25) is 0 Å². The molecule has 0 bridgehead atoms. The molecule has 0 spiro atoms. The molecule has 1 fully saturated rings. The van der Waals surface area contributed by atoms with E-state index >= 15 is 0 Å². The predicted octanol–water partition coefficient (Wildman–Crippen LogP) is 1.61. The van der Waals surface area contributed by atoms with E-state index in [4.69, 9.17) is 16.4 Å². The van der Waals surface area contributed by atoms with Crippen LogP contribution in [0.4, 0.5) is 18.3 Å². The van der Waals surface area contributed by atoms with Crippen molar-refractivity contribution in [2.45, 2.75) is 30.7 Å². The summed E-state index contributed by atoms with van der Waals surface area (Å²) in [5.41, 5.74) is 0.0311. The number of fused-ring (bicyclic) bond motifs is 1. The van der Waals surface area contributed by atoms with E-state index in [1.807, 2.05) is 0 Å². The second-order valence-electron chi connectivity index (χ2n) is 9.48. The number of hydrogen-bond donors (Lipinski definition) is 2. The minimum Gasteiger partial charge on any atom is -0.543 e. The summed E-state index contributed by atoms with van der Waals surface area (Å²) in [6.07, 6.45) is -1.69. The highest BCUT2D eigenvalue weighted by Crippen LogP contribution is 2.40. The molecule has 1 unspecified atom stereocenters. The number of thioether (sulfide) groups is 1. The first-order valence-electron chi connectivity index (χ1n) is 12.8. The molecule has 2 N–H and O–H groups in total. The molecule has 3 aromatic rings. The van der Waals surface area contributed by atoms with Gasteiger partial charge in [-0.3, -0.25) is 24.6 Å². The average Bonchev–Trinajstić information content (AvgIpc) is 3.46. The van der Waals surface area contributed by atoms with Crippen LogP contribution in [0.25, 0.3) is 0 Å². The number of thiazole rings is 1. The zero-order chi connectivity index (χ0) is 32.3. The first-order chi connectivity index (χ1) is 21.4. The molecule has 18 heteroatoms. The number of halogens is 4. The summed E-state index contributed by atoms with van der Waals surface area (Å²) in [4.78, 5) is 60.2. The van der Waals surface area contributed by atoms with E-state index in [1.54, 1.807) is 64.7 Å². The highest BCUT2D eigenvalue weighted by molar-refractivity contribution is 8.00. The summed E-state index contributed by atoms with van der Waals surface area (Å²) in [7, 11) is 0. The Labute approximate surface area is 265 Å². The summed E-state index contributed by atoms with van der Waals surface area (Å²) in [5, 5.41) is 20.4. The molecule has 45 heavy (non-hydrogen) atoms. The van der Waals surface area contributed by atoms with Gasteiger partial charge in [0.25, 0.3) is 11.8 Å². The normalized spacial score (nSPS) is 18.2. The number of carboxylic acid groups (broad SMARTS) is 1. The van der Waals surface area contributed by atoms with Crippen molar-refractivity contribution in [3.05, 3.63) is 87.8 Å². The molecule has 1 aromatic carbocycles. The van der Waals surface area contributed by atoms with Crippen molar-refractivity contribution in [1.82, 2.24) is 15.2 Å². The Balaban J connectivity index is 1.35. The number of amides is 3. The van der Waals surface area contributed by atoms with Gasteiger partial charge in [0.15, 0.2) is 29.8 Å². The Morgan fingerprint density at radius 2 is 1.89 bits per heavy atom. The lowest BCUT2D eigenvalue weighted by Crippen LogP contribution is -2.71. The molecule has 3 amide bonds. The van der Waals surface area contributed by atoms with E-state index in [0.717, 1.165) is 4.90 Å². The first kappa shape index (κ1) is 31.9. The van der Waals surface area contributed by atoms with Gasteiger partial charge in [-0.2, -0.15) is 13.2 Å². The van der Waals surface area contributed by atoms with Crippen LogP contribution in [0.2, 0.25) is 5.02 Å². The SMILES string of the molecule is O=C([O-])C1=C(C[n+]2ccccc2)CS[C@@H]2C(NC(=O)/C(=N/OCc3ccc(Cl)cc3)c3csc(NC(=O)C(F)(F)F)n3)C(=O)N12. The number of pyridine rings is 1. The van der Waals surface area contributed by atoms with E-state index in [0.29, 0.717) is 27.5 Å². The standard InChI is InChI=1S/C27H20ClF3N6O6S2/c28-16-6-4-14(5-7-16)11-43-35-18(17-13-45-26(32-17)34-25(42)27(29,30)31)21(38)33-19-22(39)37-20(24(40)41)15(12-44-23(19)37)10-36-8-2-1-3-9-36/h1-9,13,19,23H,10-12H2,(H2-,32,33,34,38,40,41,42)/b35-18+/t19?,23-/m1/s1. The molecular weight excluding hydrogens is 661 g/mol. The van der Waals surface area contributed by atoms with Crippen LogP contribution in [0.3, 0.4) is 0 Å². The van der Waals surface area contributed by atoms with E-state index in [-0.39, 0.29) is 30.3 Å².